The number of amides is 2. The van der Waals surface area contributed by atoms with Crippen LogP contribution < -0.4 is 16.4 Å². The molecule has 8 heteroatoms. The predicted molar refractivity (Wildman–Crippen MR) is 74.5 cm³/mol. The van der Waals surface area contributed by atoms with Gasteiger partial charge in [0.25, 0.3) is 5.91 Å². The molecule has 2 amide bonds. The third-order valence-corrected chi connectivity index (χ3v) is 2.63. The minimum Gasteiger partial charge on any atom is -0.480 e. The van der Waals surface area contributed by atoms with Crippen molar-refractivity contribution in [2.45, 2.75) is 12.5 Å². The minimum absolute atomic E-state index is 0.104. The first-order chi connectivity index (χ1) is 9.93. The minimum atomic E-state index is -1.25. The Morgan fingerprint density at radius 2 is 1.81 bits per heavy atom. The van der Waals surface area contributed by atoms with Crippen molar-refractivity contribution >= 4 is 23.5 Å². The van der Waals surface area contributed by atoms with Gasteiger partial charge >= 0.3 is 5.97 Å². The number of anilines is 1. The van der Waals surface area contributed by atoms with Crippen molar-refractivity contribution < 1.29 is 24.6 Å². The van der Waals surface area contributed by atoms with E-state index in [4.69, 9.17) is 15.9 Å². The monoisotopic (exact) mass is 295 g/mol. The average molecular weight is 295 g/mol. The lowest BCUT2D eigenvalue weighted by Gasteiger charge is -2.13. The van der Waals surface area contributed by atoms with Crippen molar-refractivity contribution in [3.63, 3.8) is 0 Å². The molecule has 114 valence electrons. The number of benzene rings is 1. The van der Waals surface area contributed by atoms with E-state index in [9.17, 15) is 14.4 Å². The summed E-state index contributed by atoms with van der Waals surface area (Å²) in [5.41, 5.74) is 6.34. The fourth-order valence-electron chi connectivity index (χ4n) is 1.53. The molecule has 0 spiro atoms. The van der Waals surface area contributed by atoms with Crippen molar-refractivity contribution in [1.29, 1.82) is 0 Å². The van der Waals surface area contributed by atoms with Crippen molar-refractivity contribution in [1.82, 2.24) is 10.6 Å². The molecule has 8 nitrogen and oxygen atoms in total. The molecule has 0 aliphatic heterocycles. The van der Waals surface area contributed by atoms with E-state index in [1.165, 1.54) is 12.1 Å². The fraction of sp³-hybridized carbons (Fsp3) is 0.308. The summed E-state index contributed by atoms with van der Waals surface area (Å²) in [7, 11) is 0. The number of aliphatic hydroxyl groups is 1. The molecular formula is C13H17N3O5. The first-order valence-corrected chi connectivity index (χ1v) is 6.20. The molecule has 1 aromatic carbocycles. The van der Waals surface area contributed by atoms with Crippen LogP contribution >= 0.6 is 0 Å². The van der Waals surface area contributed by atoms with Gasteiger partial charge in [0.1, 0.15) is 6.04 Å². The molecule has 0 heterocycles. The number of aliphatic hydroxyl groups excluding tert-OH is 1. The van der Waals surface area contributed by atoms with Gasteiger partial charge in [0, 0.05) is 24.3 Å². The normalized spacial score (nSPS) is 11.5. The molecule has 21 heavy (non-hydrogen) atoms. The maximum absolute atomic E-state index is 11.7. The third kappa shape index (κ3) is 5.49. The van der Waals surface area contributed by atoms with Gasteiger partial charge in [0.15, 0.2) is 0 Å². The number of rotatable bonds is 7. The largest absolute Gasteiger partial charge is 0.480 e. The van der Waals surface area contributed by atoms with Gasteiger partial charge in [-0.3, -0.25) is 9.59 Å². The lowest BCUT2D eigenvalue weighted by molar-refractivity contribution is -0.142. The maximum atomic E-state index is 11.7. The quantitative estimate of drug-likeness (QED) is 0.406. The van der Waals surface area contributed by atoms with Crippen LogP contribution in [0.5, 0.6) is 0 Å². The smallest absolute Gasteiger partial charge is 0.326 e. The highest BCUT2D eigenvalue weighted by Crippen LogP contribution is 2.04. The summed E-state index contributed by atoms with van der Waals surface area (Å²) in [4.78, 5) is 34.0. The van der Waals surface area contributed by atoms with Crippen LogP contribution in [0.3, 0.4) is 0 Å². The van der Waals surface area contributed by atoms with Crippen molar-refractivity contribution in [3.05, 3.63) is 29.8 Å². The van der Waals surface area contributed by atoms with Crippen LogP contribution in [0.1, 0.15) is 16.8 Å². The SMILES string of the molecule is Nc1ccc(C(=O)NCC(=O)NC(CCO)C(=O)O)cc1. The highest BCUT2D eigenvalue weighted by atomic mass is 16.4. The molecule has 0 aromatic heterocycles. The Morgan fingerprint density at radius 3 is 2.33 bits per heavy atom. The lowest BCUT2D eigenvalue weighted by atomic mass is 10.2. The number of carbonyl (C=O) groups excluding carboxylic acids is 2. The van der Waals surface area contributed by atoms with E-state index in [0.29, 0.717) is 11.3 Å². The number of aliphatic carboxylic acids is 1. The highest BCUT2D eigenvalue weighted by molar-refractivity contribution is 5.97. The zero-order valence-electron chi connectivity index (χ0n) is 11.2. The second kappa shape index (κ2) is 7.85. The zero-order valence-corrected chi connectivity index (χ0v) is 11.2. The number of carboxylic acids is 1. The van der Waals surface area contributed by atoms with E-state index in [-0.39, 0.29) is 19.6 Å². The van der Waals surface area contributed by atoms with Crippen molar-refractivity contribution in [3.8, 4) is 0 Å². The van der Waals surface area contributed by atoms with E-state index in [1.54, 1.807) is 12.1 Å². The van der Waals surface area contributed by atoms with E-state index in [2.05, 4.69) is 10.6 Å². The first kappa shape index (κ1) is 16.4. The molecule has 0 radical (unpaired) electrons. The summed E-state index contributed by atoms with van der Waals surface area (Å²) < 4.78 is 0. The standard InChI is InChI=1S/C13H17N3O5/c14-9-3-1-8(2-4-9)12(19)15-7-11(18)16-10(5-6-17)13(20)21/h1-4,10,17H,5-7,14H2,(H,15,19)(H,16,18)(H,20,21). The molecule has 1 rings (SSSR count). The Kier molecular flexibility index (Phi) is 6.15. The Morgan fingerprint density at radius 1 is 1.19 bits per heavy atom. The van der Waals surface area contributed by atoms with Gasteiger partial charge in [-0.1, -0.05) is 0 Å². The Balaban J connectivity index is 2.46. The van der Waals surface area contributed by atoms with E-state index in [0.717, 1.165) is 0 Å². The molecule has 0 aliphatic rings. The van der Waals surface area contributed by atoms with E-state index < -0.39 is 23.8 Å². The molecule has 0 saturated carbocycles. The van der Waals surface area contributed by atoms with Crippen LogP contribution in [-0.4, -0.2) is 47.2 Å². The number of nitrogens with one attached hydrogen (secondary N) is 2. The fourth-order valence-corrected chi connectivity index (χ4v) is 1.53. The summed E-state index contributed by atoms with van der Waals surface area (Å²) in [6, 6.07) is 4.94. The van der Waals surface area contributed by atoms with Gasteiger partial charge in [-0.05, 0) is 24.3 Å². The number of nitrogen functional groups attached to an aromatic ring is 1. The summed E-state index contributed by atoms with van der Waals surface area (Å²) in [6.07, 6.45) is -0.104. The van der Waals surface area contributed by atoms with Crippen LogP contribution in [-0.2, 0) is 9.59 Å². The van der Waals surface area contributed by atoms with Crippen LogP contribution in [0.25, 0.3) is 0 Å². The molecule has 1 atom stereocenters. The predicted octanol–water partition coefficient (Wildman–Crippen LogP) is -1.05. The van der Waals surface area contributed by atoms with Gasteiger partial charge in [-0.15, -0.1) is 0 Å². The first-order valence-electron chi connectivity index (χ1n) is 6.20. The molecule has 0 bridgehead atoms. The van der Waals surface area contributed by atoms with E-state index in [1.807, 2.05) is 0 Å². The van der Waals surface area contributed by atoms with Crippen LogP contribution in [0, 0.1) is 0 Å². The Hall–Kier alpha value is -2.61. The third-order valence-electron chi connectivity index (χ3n) is 2.63. The molecular weight excluding hydrogens is 278 g/mol. The van der Waals surface area contributed by atoms with Crippen molar-refractivity contribution in [2.24, 2.45) is 0 Å². The molecule has 0 fully saturated rings. The maximum Gasteiger partial charge on any atom is 0.326 e. The van der Waals surface area contributed by atoms with E-state index >= 15 is 0 Å². The summed E-state index contributed by atoms with van der Waals surface area (Å²) >= 11 is 0. The number of carbonyl (C=O) groups is 3. The Bertz CT molecular complexity index is 515. The highest BCUT2D eigenvalue weighted by Gasteiger charge is 2.19. The van der Waals surface area contributed by atoms with Crippen LogP contribution in [0.15, 0.2) is 24.3 Å². The molecule has 6 N–H and O–H groups in total. The van der Waals surface area contributed by atoms with Gasteiger partial charge in [-0.25, -0.2) is 4.79 Å². The van der Waals surface area contributed by atoms with Gasteiger partial charge in [0.05, 0.1) is 6.54 Å². The Labute approximate surface area is 120 Å². The molecule has 0 saturated heterocycles. The average Bonchev–Trinajstić information content (AvgIpc) is 2.45. The van der Waals surface area contributed by atoms with Gasteiger partial charge in [-0.2, -0.15) is 0 Å². The van der Waals surface area contributed by atoms with Gasteiger partial charge < -0.3 is 26.6 Å². The van der Waals surface area contributed by atoms with Gasteiger partial charge in [0.2, 0.25) is 5.91 Å². The number of hydrogen-bond donors (Lipinski definition) is 5. The van der Waals surface area contributed by atoms with Crippen LogP contribution in [0.4, 0.5) is 5.69 Å². The summed E-state index contributed by atoms with van der Waals surface area (Å²) in [6.45, 7) is -0.729. The lowest BCUT2D eigenvalue weighted by Crippen LogP contribution is -2.45. The number of hydrogen-bond acceptors (Lipinski definition) is 5. The molecule has 0 aliphatic carbocycles. The number of carboxylic acid groups (broad SMARTS) is 1. The van der Waals surface area contributed by atoms with Crippen LogP contribution in [0.2, 0.25) is 0 Å². The second-order valence-electron chi connectivity index (χ2n) is 4.28. The second-order valence-corrected chi connectivity index (χ2v) is 4.28. The summed E-state index contributed by atoms with van der Waals surface area (Å²) in [5, 5.41) is 22.1. The van der Waals surface area contributed by atoms with Crippen molar-refractivity contribution in [2.75, 3.05) is 18.9 Å². The molecule has 1 aromatic rings. The topological polar surface area (TPSA) is 142 Å². The number of nitrogens with two attached hydrogens (primary N) is 1. The molecule has 1 unspecified atom stereocenters. The summed E-state index contributed by atoms with van der Waals surface area (Å²) in [5.74, 6) is -2.37. The zero-order chi connectivity index (χ0) is 15.8.